The van der Waals surface area contributed by atoms with Crippen LogP contribution in [0, 0.1) is 0 Å². The Hall–Kier alpha value is -3.07. The first kappa shape index (κ1) is 25.0. The fraction of sp³-hybridized carbons (Fsp3) is 0.462. The Morgan fingerprint density at radius 2 is 1.40 bits per heavy atom. The number of hydrogen-bond acceptors (Lipinski definition) is 4. The number of carbonyl (C=O) groups excluding carboxylic acids is 2. The minimum absolute atomic E-state index is 0.0451. The molecular weight excluding hydrogens is 464 g/mol. The van der Waals surface area contributed by atoms with Crippen LogP contribution < -0.4 is 14.9 Å². The lowest BCUT2D eigenvalue weighted by molar-refractivity contribution is 0.0708. The number of piperidine rings is 1. The zero-order valence-electron chi connectivity index (χ0n) is 20.2. The van der Waals surface area contributed by atoms with E-state index in [0.717, 1.165) is 12.8 Å². The number of anilines is 1. The highest BCUT2D eigenvalue weighted by atomic mass is 32.2. The zero-order valence-corrected chi connectivity index (χ0v) is 21.0. The number of benzene rings is 2. The van der Waals surface area contributed by atoms with E-state index in [4.69, 9.17) is 0 Å². The minimum atomic E-state index is -3.73. The van der Waals surface area contributed by atoms with E-state index in [1.54, 1.807) is 41.3 Å². The molecule has 188 valence electrons. The molecule has 0 aromatic heterocycles. The zero-order chi connectivity index (χ0) is 24.8. The summed E-state index contributed by atoms with van der Waals surface area (Å²) in [6, 6.07) is 15.1. The maximum Gasteiger partial charge on any atom is 0.315 e. The van der Waals surface area contributed by atoms with Crippen molar-refractivity contribution in [2.24, 2.45) is 0 Å². The lowest BCUT2D eigenvalue weighted by Crippen LogP contribution is -2.51. The second kappa shape index (κ2) is 11.1. The first-order valence-corrected chi connectivity index (χ1v) is 13.8. The summed E-state index contributed by atoms with van der Waals surface area (Å²) in [5, 5.41) is 6.13. The molecule has 1 aliphatic heterocycles. The maximum atomic E-state index is 13.0. The van der Waals surface area contributed by atoms with Crippen LogP contribution in [0.5, 0.6) is 0 Å². The molecule has 2 aromatic rings. The van der Waals surface area contributed by atoms with Crippen molar-refractivity contribution in [3.63, 3.8) is 0 Å². The standard InChI is InChI=1S/C26H34N4O4S/c1-29(23-10-6-3-7-11-23)35(33,34)24-14-12-20(13-15-24)25(31)30-18-16-22(17-19-30)28-26(32)27-21-8-4-2-5-9-21/h3,6-7,10-15,21-22H,2,4-5,8-9,16-19H2,1H3,(H2,27,28,32). The van der Waals surface area contributed by atoms with Crippen LogP contribution in [0.2, 0.25) is 0 Å². The number of rotatable bonds is 6. The number of urea groups is 1. The predicted octanol–water partition coefficient (Wildman–Crippen LogP) is 3.75. The van der Waals surface area contributed by atoms with E-state index in [9.17, 15) is 18.0 Å². The van der Waals surface area contributed by atoms with Gasteiger partial charge in [-0.15, -0.1) is 0 Å². The molecule has 2 N–H and O–H groups in total. The summed E-state index contributed by atoms with van der Waals surface area (Å²) in [5.74, 6) is -0.129. The Morgan fingerprint density at radius 3 is 2.00 bits per heavy atom. The summed E-state index contributed by atoms with van der Waals surface area (Å²) in [6.45, 7) is 1.09. The normalized spacial score (nSPS) is 17.6. The van der Waals surface area contributed by atoms with Crippen molar-refractivity contribution >= 4 is 27.6 Å². The fourth-order valence-electron chi connectivity index (χ4n) is 4.77. The van der Waals surface area contributed by atoms with Crippen molar-refractivity contribution in [2.45, 2.75) is 61.9 Å². The van der Waals surface area contributed by atoms with Gasteiger partial charge in [-0.05, 0) is 62.1 Å². The van der Waals surface area contributed by atoms with E-state index in [2.05, 4.69) is 10.6 Å². The van der Waals surface area contributed by atoms with Crippen molar-refractivity contribution in [3.05, 3.63) is 60.2 Å². The van der Waals surface area contributed by atoms with Gasteiger partial charge in [0.15, 0.2) is 0 Å². The van der Waals surface area contributed by atoms with Gasteiger partial charge in [0.25, 0.3) is 15.9 Å². The average molecular weight is 499 g/mol. The monoisotopic (exact) mass is 498 g/mol. The first-order chi connectivity index (χ1) is 16.8. The van der Waals surface area contributed by atoms with Crippen molar-refractivity contribution < 1.29 is 18.0 Å². The third kappa shape index (κ3) is 6.14. The average Bonchev–Trinajstić information content (AvgIpc) is 2.89. The molecule has 35 heavy (non-hydrogen) atoms. The molecule has 4 rings (SSSR count). The molecule has 0 atom stereocenters. The van der Waals surface area contributed by atoms with E-state index < -0.39 is 10.0 Å². The molecule has 0 radical (unpaired) electrons. The van der Waals surface area contributed by atoms with Crippen molar-refractivity contribution in [3.8, 4) is 0 Å². The van der Waals surface area contributed by atoms with Gasteiger partial charge in [-0.25, -0.2) is 13.2 Å². The van der Waals surface area contributed by atoms with Gasteiger partial charge in [0, 0.05) is 37.8 Å². The molecule has 1 heterocycles. The number of nitrogens with zero attached hydrogens (tertiary/aromatic N) is 2. The molecule has 0 bridgehead atoms. The summed E-state index contributed by atoms with van der Waals surface area (Å²) in [5.41, 5.74) is 1.02. The number of nitrogens with one attached hydrogen (secondary N) is 2. The van der Waals surface area contributed by atoms with Crippen molar-refractivity contribution in [1.82, 2.24) is 15.5 Å². The molecule has 1 aliphatic carbocycles. The summed E-state index contributed by atoms with van der Waals surface area (Å²) in [7, 11) is -2.22. The molecule has 2 fully saturated rings. The number of hydrogen-bond donors (Lipinski definition) is 2. The Morgan fingerprint density at radius 1 is 0.829 bits per heavy atom. The summed E-state index contributed by atoms with van der Waals surface area (Å²) in [4.78, 5) is 27.2. The number of likely N-dealkylation sites (tertiary alicyclic amines) is 1. The van der Waals surface area contributed by atoms with E-state index >= 15 is 0 Å². The molecule has 8 nitrogen and oxygen atoms in total. The van der Waals surface area contributed by atoms with Gasteiger partial charge in [0.1, 0.15) is 0 Å². The van der Waals surface area contributed by atoms with Crippen LogP contribution >= 0.6 is 0 Å². The number of para-hydroxylation sites is 1. The number of amides is 3. The Balaban J connectivity index is 1.29. The molecule has 9 heteroatoms. The van der Waals surface area contributed by atoms with E-state index in [1.165, 1.54) is 42.7 Å². The maximum absolute atomic E-state index is 13.0. The molecule has 2 aromatic carbocycles. The van der Waals surface area contributed by atoms with Crippen molar-refractivity contribution in [1.29, 1.82) is 0 Å². The van der Waals surface area contributed by atoms with Gasteiger partial charge < -0.3 is 15.5 Å². The van der Waals surface area contributed by atoms with Crippen LogP contribution in [0.1, 0.15) is 55.3 Å². The van der Waals surface area contributed by atoms with Crippen LogP contribution in [-0.4, -0.2) is 57.5 Å². The largest absolute Gasteiger partial charge is 0.338 e. The summed E-state index contributed by atoms with van der Waals surface area (Å²) in [6.07, 6.45) is 7.06. The molecule has 0 spiro atoms. The van der Waals surface area contributed by atoms with Crippen molar-refractivity contribution in [2.75, 3.05) is 24.4 Å². The third-order valence-electron chi connectivity index (χ3n) is 6.94. The van der Waals surface area contributed by atoms with Gasteiger partial charge in [-0.1, -0.05) is 37.5 Å². The Kier molecular flexibility index (Phi) is 7.95. The molecule has 1 saturated heterocycles. The Labute approximate surface area is 207 Å². The van der Waals surface area contributed by atoms with Crippen LogP contribution in [-0.2, 0) is 10.0 Å². The molecule has 1 saturated carbocycles. The van der Waals surface area contributed by atoms with Gasteiger partial charge in [-0.2, -0.15) is 0 Å². The summed E-state index contributed by atoms with van der Waals surface area (Å²) < 4.78 is 27.1. The highest BCUT2D eigenvalue weighted by Crippen LogP contribution is 2.23. The highest BCUT2D eigenvalue weighted by molar-refractivity contribution is 7.92. The van der Waals surface area contributed by atoms with E-state index in [-0.39, 0.29) is 28.9 Å². The molecule has 0 unspecified atom stereocenters. The second-order valence-corrected chi connectivity index (χ2v) is 11.3. The first-order valence-electron chi connectivity index (χ1n) is 12.3. The molecule has 2 aliphatic rings. The topological polar surface area (TPSA) is 98.8 Å². The van der Waals surface area contributed by atoms with Gasteiger partial charge in [0.05, 0.1) is 10.6 Å². The van der Waals surface area contributed by atoms with E-state index in [1.807, 2.05) is 6.07 Å². The quantitative estimate of drug-likeness (QED) is 0.634. The number of carbonyl (C=O) groups is 2. The SMILES string of the molecule is CN(c1ccccc1)S(=O)(=O)c1ccc(C(=O)N2CCC(NC(=O)NC3CCCCC3)CC2)cc1. The Bertz CT molecular complexity index is 1110. The predicted molar refractivity (Wildman–Crippen MR) is 136 cm³/mol. The molecular formula is C26H34N4O4S. The lowest BCUT2D eigenvalue weighted by Gasteiger charge is -2.33. The minimum Gasteiger partial charge on any atom is -0.338 e. The van der Waals surface area contributed by atoms with Gasteiger partial charge in [0.2, 0.25) is 0 Å². The van der Waals surface area contributed by atoms with Crippen LogP contribution in [0.15, 0.2) is 59.5 Å². The van der Waals surface area contributed by atoms with Gasteiger partial charge >= 0.3 is 6.03 Å². The van der Waals surface area contributed by atoms with Gasteiger partial charge in [-0.3, -0.25) is 9.10 Å². The molecule has 3 amide bonds. The van der Waals surface area contributed by atoms with E-state index in [0.29, 0.717) is 37.2 Å². The highest BCUT2D eigenvalue weighted by Gasteiger charge is 2.26. The summed E-state index contributed by atoms with van der Waals surface area (Å²) >= 11 is 0. The smallest absolute Gasteiger partial charge is 0.315 e. The number of sulfonamides is 1. The third-order valence-corrected chi connectivity index (χ3v) is 8.74. The lowest BCUT2D eigenvalue weighted by atomic mass is 9.96. The van der Waals surface area contributed by atoms with Crippen LogP contribution in [0.4, 0.5) is 10.5 Å². The van der Waals surface area contributed by atoms with Crippen LogP contribution in [0.25, 0.3) is 0 Å². The fourth-order valence-corrected chi connectivity index (χ4v) is 5.97. The second-order valence-electron chi connectivity index (χ2n) is 9.35. The van der Waals surface area contributed by atoms with Crippen LogP contribution in [0.3, 0.4) is 0 Å².